The third-order valence-corrected chi connectivity index (χ3v) is 2.06. The number of carbonyl (C=O) groups is 1. The highest BCUT2D eigenvalue weighted by molar-refractivity contribution is 5.99. The van der Waals surface area contributed by atoms with E-state index in [2.05, 4.69) is 5.10 Å². The molecule has 3 N–H and O–H groups in total. The fourth-order valence-electron chi connectivity index (χ4n) is 1.12. The van der Waals surface area contributed by atoms with Crippen molar-refractivity contribution in [2.45, 2.75) is 13.1 Å². The van der Waals surface area contributed by atoms with Crippen LogP contribution in [0.25, 0.3) is 0 Å². The first-order valence-corrected chi connectivity index (χ1v) is 5.22. The molecule has 0 atom stereocenters. The van der Waals surface area contributed by atoms with E-state index in [4.69, 9.17) is 5.11 Å². The molecule has 104 valence electrons. The summed E-state index contributed by atoms with van der Waals surface area (Å²) in [6.07, 6.45) is -4.47. The van der Waals surface area contributed by atoms with Gasteiger partial charge in [-0.3, -0.25) is 0 Å². The molecule has 0 radical (unpaired) electrons. The summed E-state index contributed by atoms with van der Waals surface area (Å²) >= 11 is 0. The molecular weight excluding hydrogens is 263 g/mol. The number of carbonyl (C=O) groups excluding carboxylic acids is 1. The maximum absolute atomic E-state index is 11.8. The van der Waals surface area contributed by atoms with Gasteiger partial charge in [0.1, 0.15) is 12.3 Å². The van der Waals surface area contributed by atoms with Crippen LogP contribution in [-0.2, 0) is 0 Å². The van der Waals surface area contributed by atoms with Gasteiger partial charge >= 0.3 is 12.2 Å². The van der Waals surface area contributed by atoms with Crippen molar-refractivity contribution in [2.75, 3.05) is 6.54 Å². The molecular formula is C11H12F3N3O2. The number of hydrogen-bond donors (Lipinski definition) is 3. The number of halogens is 3. The second kappa shape index (κ2) is 6.07. The zero-order chi connectivity index (χ0) is 14.5. The Morgan fingerprint density at radius 1 is 1.32 bits per heavy atom. The summed E-state index contributed by atoms with van der Waals surface area (Å²) in [5, 5.41) is 14.3. The van der Waals surface area contributed by atoms with Crippen molar-refractivity contribution < 1.29 is 23.1 Å². The molecule has 5 nitrogen and oxygen atoms in total. The minimum Gasteiger partial charge on any atom is -0.508 e. The molecule has 1 aromatic rings. The Labute approximate surface area is 107 Å². The average molecular weight is 275 g/mol. The highest BCUT2D eigenvalue weighted by Gasteiger charge is 2.27. The van der Waals surface area contributed by atoms with Crippen LogP contribution < -0.4 is 10.7 Å². The van der Waals surface area contributed by atoms with Crippen molar-refractivity contribution in [1.82, 2.24) is 10.7 Å². The summed E-state index contributed by atoms with van der Waals surface area (Å²) in [4.78, 5) is 11.0. The van der Waals surface area contributed by atoms with Crippen LogP contribution in [0.3, 0.4) is 0 Å². The number of amides is 2. The lowest BCUT2D eigenvalue weighted by Gasteiger charge is -2.08. The maximum atomic E-state index is 11.8. The van der Waals surface area contributed by atoms with Crippen LogP contribution in [0.1, 0.15) is 12.5 Å². The van der Waals surface area contributed by atoms with E-state index in [1.807, 2.05) is 5.43 Å². The minimum absolute atomic E-state index is 0.0763. The first kappa shape index (κ1) is 14.8. The van der Waals surface area contributed by atoms with E-state index in [1.54, 1.807) is 24.4 Å². The molecule has 0 fully saturated rings. The Bertz CT molecular complexity index is 469. The number of phenolic OH excluding ortho intramolecular Hbond substituents is 1. The SMILES string of the molecule is C/C(=N\NC(=O)NCC(F)(F)F)c1ccc(O)cc1. The number of urea groups is 1. The Morgan fingerprint density at radius 3 is 2.42 bits per heavy atom. The number of alkyl halides is 3. The van der Waals surface area contributed by atoms with Gasteiger partial charge in [0, 0.05) is 0 Å². The molecule has 0 aliphatic carbocycles. The quantitative estimate of drug-likeness (QED) is 0.583. The second-order valence-electron chi connectivity index (χ2n) is 3.65. The zero-order valence-corrected chi connectivity index (χ0v) is 9.95. The van der Waals surface area contributed by atoms with Crippen LogP contribution in [0.15, 0.2) is 29.4 Å². The molecule has 0 unspecified atom stereocenters. The van der Waals surface area contributed by atoms with Gasteiger partial charge in [-0.25, -0.2) is 10.2 Å². The largest absolute Gasteiger partial charge is 0.508 e. The van der Waals surface area contributed by atoms with Crippen molar-refractivity contribution in [1.29, 1.82) is 0 Å². The van der Waals surface area contributed by atoms with Gasteiger partial charge in [0.25, 0.3) is 0 Å². The fraction of sp³-hybridized carbons (Fsp3) is 0.273. The number of hydrogen-bond acceptors (Lipinski definition) is 3. The van der Waals surface area contributed by atoms with Crippen LogP contribution in [0.2, 0.25) is 0 Å². The lowest BCUT2D eigenvalue weighted by molar-refractivity contribution is -0.122. The van der Waals surface area contributed by atoms with Crippen molar-refractivity contribution in [3.63, 3.8) is 0 Å². The number of hydrazone groups is 1. The van der Waals surface area contributed by atoms with Crippen molar-refractivity contribution in [3.05, 3.63) is 29.8 Å². The Balaban J connectivity index is 2.52. The summed E-state index contributed by atoms with van der Waals surface area (Å²) in [6, 6.07) is 4.93. The lowest BCUT2D eigenvalue weighted by atomic mass is 10.1. The molecule has 1 rings (SSSR count). The van der Waals surface area contributed by atoms with Gasteiger partial charge < -0.3 is 10.4 Å². The molecule has 0 heterocycles. The molecule has 1 aromatic carbocycles. The van der Waals surface area contributed by atoms with Crippen molar-refractivity contribution in [3.8, 4) is 5.75 Å². The highest BCUT2D eigenvalue weighted by Crippen LogP contribution is 2.12. The highest BCUT2D eigenvalue weighted by atomic mass is 19.4. The predicted octanol–water partition coefficient (Wildman–Crippen LogP) is 1.98. The van der Waals surface area contributed by atoms with Crippen LogP contribution in [0, 0.1) is 0 Å². The van der Waals surface area contributed by atoms with Gasteiger partial charge in [0.2, 0.25) is 0 Å². The summed E-state index contributed by atoms with van der Waals surface area (Å²) in [6.45, 7) is 0.142. The summed E-state index contributed by atoms with van der Waals surface area (Å²) in [5.41, 5.74) is 2.95. The van der Waals surface area contributed by atoms with Crippen LogP contribution in [0.5, 0.6) is 5.75 Å². The van der Waals surface area contributed by atoms with Gasteiger partial charge in [-0.2, -0.15) is 18.3 Å². The zero-order valence-electron chi connectivity index (χ0n) is 9.95. The first-order valence-electron chi connectivity index (χ1n) is 5.22. The molecule has 0 spiro atoms. The predicted molar refractivity (Wildman–Crippen MR) is 62.9 cm³/mol. The number of nitrogens with one attached hydrogen (secondary N) is 2. The molecule has 19 heavy (non-hydrogen) atoms. The Hall–Kier alpha value is -2.25. The number of phenols is 1. The third kappa shape index (κ3) is 5.75. The Morgan fingerprint density at radius 2 is 1.89 bits per heavy atom. The summed E-state index contributed by atoms with van der Waals surface area (Å²) < 4.78 is 35.4. The molecule has 0 aliphatic heterocycles. The summed E-state index contributed by atoms with van der Waals surface area (Å²) in [5.74, 6) is 0.0763. The van der Waals surface area contributed by atoms with E-state index in [0.717, 1.165) is 0 Å². The van der Waals surface area contributed by atoms with Gasteiger partial charge in [-0.1, -0.05) is 0 Å². The first-order chi connectivity index (χ1) is 8.78. The van der Waals surface area contributed by atoms with Crippen LogP contribution >= 0.6 is 0 Å². The van der Waals surface area contributed by atoms with E-state index in [-0.39, 0.29) is 5.75 Å². The maximum Gasteiger partial charge on any atom is 0.405 e. The fourth-order valence-corrected chi connectivity index (χ4v) is 1.12. The number of nitrogens with zero attached hydrogens (tertiary/aromatic N) is 1. The molecule has 2 amide bonds. The Kier molecular flexibility index (Phi) is 4.74. The lowest BCUT2D eigenvalue weighted by Crippen LogP contribution is -2.39. The van der Waals surface area contributed by atoms with Crippen molar-refractivity contribution in [2.24, 2.45) is 5.10 Å². The number of rotatable bonds is 3. The minimum atomic E-state index is -4.47. The van der Waals surface area contributed by atoms with Crippen LogP contribution in [-0.4, -0.2) is 29.6 Å². The molecule has 0 saturated carbocycles. The van der Waals surface area contributed by atoms with Gasteiger partial charge in [-0.15, -0.1) is 0 Å². The second-order valence-corrected chi connectivity index (χ2v) is 3.65. The monoisotopic (exact) mass is 275 g/mol. The van der Waals surface area contributed by atoms with E-state index in [1.165, 1.54) is 12.1 Å². The van der Waals surface area contributed by atoms with E-state index in [9.17, 15) is 18.0 Å². The molecule has 0 aliphatic rings. The normalized spacial score (nSPS) is 12.1. The van der Waals surface area contributed by atoms with E-state index >= 15 is 0 Å². The van der Waals surface area contributed by atoms with Crippen LogP contribution in [0.4, 0.5) is 18.0 Å². The topological polar surface area (TPSA) is 73.7 Å². The van der Waals surface area contributed by atoms with Gasteiger partial charge in [-0.05, 0) is 36.8 Å². The summed E-state index contributed by atoms with van der Waals surface area (Å²) in [7, 11) is 0. The van der Waals surface area contributed by atoms with E-state index in [0.29, 0.717) is 11.3 Å². The molecule has 0 bridgehead atoms. The van der Waals surface area contributed by atoms with Gasteiger partial charge in [0.15, 0.2) is 0 Å². The molecule has 8 heteroatoms. The number of aromatic hydroxyl groups is 1. The third-order valence-electron chi connectivity index (χ3n) is 2.06. The standard InChI is InChI=1S/C11H12F3N3O2/c1-7(8-2-4-9(18)5-3-8)16-17-10(19)15-6-11(12,13)14/h2-5,18H,6H2,1H3,(H2,15,17,19)/b16-7+. The smallest absolute Gasteiger partial charge is 0.405 e. The average Bonchev–Trinajstić information content (AvgIpc) is 2.33. The van der Waals surface area contributed by atoms with E-state index < -0.39 is 18.8 Å². The van der Waals surface area contributed by atoms with Gasteiger partial charge in [0.05, 0.1) is 5.71 Å². The molecule has 0 aromatic heterocycles. The van der Waals surface area contributed by atoms with Crippen molar-refractivity contribution >= 4 is 11.7 Å². The number of benzene rings is 1. The molecule has 0 saturated heterocycles.